The molecule has 0 aliphatic carbocycles. The Morgan fingerprint density at radius 3 is 2.08 bits per heavy atom. The van der Waals surface area contributed by atoms with Gasteiger partial charge in [-0.3, -0.25) is 40.6 Å². The van der Waals surface area contributed by atoms with Crippen molar-refractivity contribution in [2.24, 2.45) is 0 Å². The molecule has 0 atom stereocenters. The van der Waals surface area contributed by atoms with E-state index in [0.717, 1.165) is 6.07 Å². The van der Waals surface area contributed by atoms with Crippen LogP contribution in [0.2, 0.25) is 0 Å². The Labute approximate surface area is 201 Å². The van der Waals surface area contributed by atoms with E-state index in [0.29, 0.717) is 11.3 Å². The maximum absolute atomic E-state index is 12.6. The summed E-state index contributed by atoms with van der Waals surface area (Å²) in [5.74, 6) is -2.46. The molecule has 0 radical (unpaired) electrons. The van der Waals surface area contributed by atoms with E-state index in [-0.39, 0.29) is 29.1 Å². The number of anilines is 2. The number of carboxylic acids is 1. The van der Waals surface area contributed by atoms with Crippen LogP contribution in [0.25, 0.3) is 0 Å². The number of carbonyl (C=O) groups is 2. The Bertz CT molecular complexity index is 1310. The second kappa shape index (κ2) is 11.5. The average molecular weight is 498 g/mol. The molecule has 4 N–H and O–H groups in total. The van der Waals surface area contributed by atoms with Crippen molar-refractivity contribution in [3.05, 3.63) is 103 Å². The first-order valence-electron chi connectivity index (χ1n) is 10.0. The van der Waals surface area contributed by atoms with E-state index in [1.165, 1.54) is 48.5 Å². The number of nitro groups is 2. The average Bonchev–Trinajstić information content (AvgIpc) is 2.85. The molecule has 0 bridgehead atoms. The first kappa shape index (κ1) is 25.7. The van der Waals surface area contributed by atoms with E-state index >= 15 is 0 Å². The first-order valence-corrected chi connectivity index (χ1v) is 10.0. The number of amides is 1. The molecule has 3 rings (SSSR count). The maximum Gasteiger partial charge on any atom is 0.343 e. The third kappa shape index (κ3) is 5.95. The van der Waals surface area contributed by atoms with E-state index in [9.17, 15) is 34.9 Å². The summed E-state index contributed by atoms with van der Waals surface area (Å²) < 4.78 is 0. The minimum Gasteiger partial charge on any atom is -0.477 e. The summed E-state index contributed by atoms with van der Waals surface area (Å²) in [6.07, 6.45) is 0. The number of benzene rings is 3. The highest BCUT2D eigenvalue weighted by molar-refractivity contribution is 6.12. The van der Waals surface area contributed by atoms with Crippen molar-refractivity contribution in [2.45, 2.75) is 13.2 Å². The van der Waals surface area contributed by atoms with Gasteiger partial charge < -0.3 is 10.4 Å². The lowest BCUT2D eigenvalue weighted by Crippen LogP contribution is -2.17. The van der Waals surface area contributed by atoms with Crippen LogP contribution in [0.4, 0.5) is 22.7 Å². The molecule has 0 aliphatic heterocycles. The zero-order valence-corrected chi connectivity index (χ0v) is 18.2. The molecule has 0 aliphatic rings. The standard InChI is InChI=1S/C22H18N4O10/c27-21(16-4-2-6-19(26(32)33)20(16)22(28)29)23-14-7-9-15(10-8-14)24-35-11-13-3-1-5-18(25(30)31)17(13)12-36-34/h1-10,24,34H,11-12H2,(H,23,27)(H,28,29). The molecule has 0 spiro atoms. The molecule has 0 fully saturated rings. The topological polar surface area (TPSA) is 203 Å². The highest BCUT2D eigenvalue weighted by Crippen LogP contribution is 2.25. The summed E-state index contributed by atoms with van der Waals surface area (Å²) in [5, 5.41) is 42.8. The van der Waals surface area contributed by atoms with Crippen LogP contribution < -0.4 is 10.8 Å². The van der Waals surface area contributed by atoms with Crippen molar-refractivity contribution < 1.29 is 39.5 Å². The number of hydrogen-bond donors (Lipinski definition) is 4. The summed E-state index contributed by atoms with van der Waals surface area (Å²) in [6, 6.07) is 13.7. The number of hydrogen-bond acceptors (Lipinski definition) is 10. The summed E-state index contributed by atoms with van der Waals surface area (Å²) >= 11 is 0. The van der Waals surface area contributed by atoms with E-state index in [2.05, 4.69) is 15.7 Å². The lowest BCUT2D eigenvalue weighted by molar-refractivity contribution is -0.387. The van der Waals surface area contributed by atoms with Gasteiger partial charge in [0.05, 0.1) is 26.7 Å². The largest absolute Gasteiger partial charge is 0.477 e. The zero-order chi connectivity index (χ0) is 26.2. The fraction of sp³-hybridized carbons (Fsp3) is 0.0909. The predicted molar refractivity (Wildman–Crippen MR) is 123 cm³/mol. The summed E-state index contributed by atoms with van der Waals surface area (Å²) in [4.78, 5) is 54.3. The molecule has 14 nitrogen and oxygen atoms in total. The molecule has 0 saturated carbocycles. The zero-order valence-electron chi connectivity index (χ0n) is 18.2. The number of nitro benzene ring substituents is 2. The SMILES string of the molecule is O=C(Nc1ccc(NOCc2cccc([N+](=O)[O-])c2COO)cc1)c1cccc([N+](=O)[O-])c1C(=O)O. The van der Waals surface area contributed by atoms with Gasteiger partial charge in [-0.05, 0) is 35.9 Å². The number of nitrogens with one attached hydrogen (secondary N) is 2. The third-order valence-electron chi connectivity index (χ3n) is 4.91. The Balaban J connectivity index is 1.66. The molecule has 3 aromatic rings. The molecular weight excluding hydrogens is 480 g/mol. The normalized spacial score (nSPS) is 10.5. The first-order chi connectivity index (χ1) is 17.2. The molecule has 1 amide bonds. The Morgan fingerprint density at radius 2 is 1.47 bits per heavy atom. The Kier molecular flexibility index (Phi) is 8.19. The van der Waals surface area contributed by atoms with Crippen molar-refractivity contribution in [3.63, 3.8) is 0 Å². The minimum atomic E-state index is -1.61. The van der Waals surface area contributed by atoms with Gasteiger partial charge in [-0.1, -0.05) is 18.2 Å². The quantitative estimate of drug-likeness (QED) is 0.169. The lowest BCUT2D eigenvalue weighted by atomic mass is 10.0. The smallest absolute Gasteiger partial charge is 0.343 e. The van der Waals surface area contributed by atoms with Crippen LogP contribution in [0.15, 0.2) is 60.7 Å². The molecule has 14 heteroatoms. The number of carboxylic acid groups (broad SMARTS) is 1. The highest BCUT2D eigenvalue weighted by Gasteiger charge is 2.27. The van der Waals surface area contributed by atoms with Crippen LogP contribution >= 0.6 is 0 Å². The molecule has 36 heavy (non-hydrogen) atoms. The molecule has 0 unspecified atom stereocenters. The van der Waals surface area contributed by atoms with Crippen LogP contribution in [-0.4, -0.2) is 32.1 Å². The van der Waals surface area contributed by atoms with Crippen LogP contribution in [0.1, 0.15) is 31.8 Å². The summed E-state index contributed by atoms with van der Waals surface area (Å²) in [6.45, 7) is -0.512. The number of carbonyl (C=O) groups excluding carboxylic acids is 1. The van der Waals surface area contributed by atoms with Gasteiger partial charge in [-0.2, -0.15) is 0 Å². The second-order valence-corrected chi connectivity index (χ2v) is 7.13. The Hall–Kier alpha value is -4.92. The number of nitrogens with zero attached hydrogens (tertiary/aromatic N) is 2. The van der Waals surface area contributed by atoms with E-state index < -0.39 is 39.6 Å². The van der Waals surface area contributed by atoms with Gasteiger partial charge in [0.25, 0.3) is 17.3 Å². The fourth-order valence-electron chi connectivity index (χ4n) is 3.28. The molecule has 3 aromatic carbocycles. The van der Waals surface area contributed by atoms with Crippen LogP contribution in [0.3, 0.4) is 0 Å². The van der Waals surface area contributed by atoms with Crippen molar-refractivity contribution in [1.82, 2.24) is 0 Å². The predicted octanol–water partition coefficient (Wildman–Crippen LogP) is 3.99. The number of rotatable bonds is 11. The molecule has 0 saturated heterocycles. The van der Waals surface area contributed by atoms with Crippen molar-refractivity contribution in [1.29, 1.82) is 0 Å². The summed E-state index contributed by atoms with van der Waals surface area (Å²) in [7, 11) is 0. The van der Waals surface area contributed by atoms with Crippen molar-refractivity contribution in [2.75, 3.05) is 10.8 Å². The van der Waals surface area contributed by atoms with Gasteiger partial charge in [0.1, 0.15) is 18.8 Å². The van der Waals surface area contributed by atoms with Gasteiger partial charge in [0.15, 0.2) is 0 Å². The molecule has 0 aromatic heterocycles. The van der Waals surface area contributed by atoms with Gasteiger partial charge in [0, 0.05) is 17.8 Å². The van der Waals surface area contributed by atoms with E-state index in [1.807, 2.05) is 0 Å². The second-order valence-electron chi connectivity index (χ2n) is 7.13. The van der Waals surface area contributed by atoms with E-state index in [4.69, 9.17) is 10.1 Å². The summed E-state index contributed by atoms with van der Waals surface area (Å²) in [5.41, 5.74) is 1.86. The van der Waals surface area contributed by atoms with Crippen LogP contribution in [0, 0.1) is 20.2 Å². The van der Waals surface area contributed by atoms with Crippen LogP contribution in [-0.2, 0) is 22.9 Å². The van der Waals surface area contributed by atoms with Gasteiger partial charge in [0.2, 0.25) is 0 Å². The van der Waals surface area contributed by atoms with E-state index in [1.54, 1.807) is 6.07 Å². The lowest BCUT2D eigenvalue weighted by Gasteiger charge is -2.12. The van der Waals surface area contributed by atoms with Gasteiger partial charge in [-0.25, -0.2) is 9.68 Å². The third-order valence-corrected chi connectivity index (χ3v) is 4.91. The molecular formula is C22H18N4O10. The Morgan fingerprint density at radius 1 is 0.861 bits per heavy atom. The minimum absolute atomic E-state index is 0.108. The van der Waals surface area contributed by atoms with Crippen LogP contribution in [0.5, 0.6) is 0 Å². The number of aromatic carboxylic acids is 1. The fourth-order valence-corrected chi connectivity index (χ4v) is 3.28. The van der Waals surface area contributed by atoms with Gasteiger partial charge in [-0.15, -0.1) is 0 Å². The molecule has 186 valence electrons. The van der Waals surface area contributed by atoms with Crippen molar-refractivity contribution in [3.8, 4) is 0 Å². The molecule has 0 heterocycles. The monoisotopic (exact) mass is 498 g/mol. The van der Waals surface area contributed by atoms with Crippen molar-refractivity contribution >= 4 is 34.6 Å². The maximum atomic E-state index is 12.6. The van der Waals surface area contributed by atoms with Gasteiger partial charge >= 0.3 is 5.97 Å². The highest BCUT2D eigenvalue weighted by atomic mass is 17.1.